The van der Waals surface area contributed by atoms with Gasteiger partial charge in [-0.3, -0.25) is 4.79 Å². The molecule has 1 aromatic carbocycles. The van der Waals surface area contributed by atoms with E-state index < -0.39 is 5.60 Å². The molecule has 0 aliphatic carbocycles. The van der Waals surface area contributed by atoms with Crippen molar-refractivity contribution in [1.82, 2.24) is 9.88 Å². The summed E-state index contributed by atoms with van der Waals surface area (Å²) in [4.78, 5) is 19.3. The number of pyridine rings is 1. The molecule has 4 rings (SSSR count). The molecule has 1 atom stereocenters. The molecule has 1 N–H and O–H groups in total. The van der Waals surface area contributed by atoms with Crippen LogP contribution in [0.4, 0.5) is 10.1 Å². The van der Waals surface area contributed by atoms with Crippen LogP contribution in [-0.2, 0) is 4.74 Å². The smallest absolute Gasteiger partial charge is 0.272 e. The van der Waals surface area contributed by atoms with Gasteiger partial charge in [-0.1, -0.05) is 0 Å². The molecule has 1 amide bonds. The number of likely N-dealkylation sites (tertiary alicyclic amines) is 1. The number of aromatic nitrogens is 1. The van der Waals surface area contributed by atoms with Gasteiger partial charge in [-0.05, 0) is 65.0 Å². The lowest BCUT2D eigenvalue weighted by Gasteiger charge is -2.47. The largest absolute Gasteiger partial charge is 0.487 e. The van der Waals surface area contributed by atoms with Crippen molar-refractivity contribution >= 4 is 11.6 Å². The van der Waals surface area contributed by atoms with Crippen molar-refractivity contribution < 1.29 is 20.1 Å². The van der Waals surface area contributed by atoms with Gasteiger partial charge in [0.15, 0.2) is 0 Å². The molecule has 0 unspecified atom stereocenters. The van der Waals surface area contributed by atoms with Gasteiger partial charge in [-0.25, -0.2) is 9.37 Å². The molecule has 3 heterocycles. The molecule has 2 aliphatic heterocycles. The summed E-state index contributed by atoms with van der Waals surface area (Å²) in [5, 5.41) is 3.36. The summed E-state index contributed by atoms with van der Waals surface area (Å²) in [6.45, 7) is 11.4. The molecule has 0 saturated carbocycles. The number of hydrogen-bond acceptors (Lipinski definition) is 5. The zero-order valence-electron chi connectivity index (χ0n) is 20.2. The first kappa shape index (κ1) is 23.5. The lowest BCUT2D eigenvalue weighted by Crippen LogP contribution is -2.52. The van der Waals surface area contributed by atoms with Gasteiger partial charge in [-0.15, -0.1) is 0 Å². The number of benzene rings is 1. The summed E-state index contributed by atoms with van der Waals surface area (Å²) in [5.41, 5.74) is 1.60. The third-order valence-electron chi connectivity index (χ3n) is 6.10. The summed E-state index contributed by atoms with van der Waals surface area (Å²) in [6.07, 6.45) is 3.53. The van der Waals surface area contributed by atoms with Crippen LogP contribution in [0.5, 0.6) is 5.75 Å². The van der Waals surface area contributed by atoms with Crippen molar-refractivity contribution in [3.63, 3.8) is 0 Å². The van der Waals surface area contributed by atoms with E-state index in [0.29, 0.717) is 43.8 Å². The van der Waals surface area contributed by atoms with Crippen molar-refractivity contribution in [1.29, 1.82) is 0 Å². The van der Waals surface area contributed by atoms with Gasteiger partial charge in [-0.2, -0.15) is 0 Å². The quantitative estimate of drug-likeness (QED) is 0.647. The van der Waals surface area contributed by atoms with Crippen LogP contribution in [0.25, 0.3) is 0 Å². The fraction of sp³-hybridized carbons (Fsp3) is 0.538. The number of amides is 1. The predicted molar refractivity (Wildman–Crippen MR) is 128 cm³/mol. The Morgan fingerprint density at radius 3 is 2.61 bits per heavy atom. The van der Waals surface area contributed by atoms with Gasteiger partial charge in [0.1, 0.15) is 22.9 Å². The van der Waals surface area contributed by atoms with Crippen molar-refractivity contribution in [2.24, 2.45) is 0 Å². The molecular weight excluding hydrogens is 421 g/mol. The van der Waals surface area contributed by atoms with E-state index in [4.69, 9.17) is 9.47 Å². The van der Waals surface area contributed by atoms with Crippen LogP contribution in [0.15, 0.2) is 36.5 Å². The number of carbonyl (C=O) groups is 1. The maximum Gasteiger partial charge on any atom is 0.272 e. The molecule has 0 bridgehead atoms. The van der Waals surface area contributed by atoms with Gasteiger partial charge in [0.25, 0.3) is 5.91 Å². The number of fused-ring (bicyclic) bond motifs is 1. The second kappa shape index (κ2) is 8.93. The van der Waals surface area contributed by atoms with Gasteiger partial charge in [0.2, 0.25) is 0 Å². The molecule has 1 spiro atoms. The Labute approximate surface area is 197 Å². The molecule has 2 aliphatic rings. The Kier molecular flexibility index (Phi) is 6.36. The van der Waals surface area contributed by atoms with Gasteiger partial charge in [0.05, 0.1) is 24.1 Å². The second-order valence-electron chi connectivity index (χ2n) is 10.4. The van der Waals surface area contributed by atoms with E-state index in [1.165, 1.54) is 12.1 Å². The summed E-state index contributed by atoms with van der Waals surface area (Å²) >= 11 is 0. The van der Waals surface area contributed by atoms with Crippen LogP contribution in [0, 0.1) is 5.82 Å². The number of halogens is 1. The number of nitrogens with one attached hydrogen (secondary N) is 1. The van der Waals surface area contributed by atoms with E-state index in [1.807, 2.05) is 24.8 Å². The predicted octanol–water partition coefficient (Wildman–Crippen LogP) is 5.60. The van der Waals surface area contributed by atoms with Crippen molar-refractivity contribution in [2.45, 2.75) is 77.2 Å². The van der Waals surface area contributed by atoms with Crippen molar-refractivity contribution in [3.05, 3.63) is 53.6 Å². The Hall–Kier alpha value is -2.67. The average Bonchev–Trinajstić information content (AvgIpc) is 2.73. The molecule has 180 valence electrons. The number of carbonyl (C=O) groups excluding carboxylic acids is 1. The van der Waals surface area contributed by atoms with Crippen LogP contribution < -0.4 is 10.1 Å². The number of nitrogens with zero attached hydrogens (tertiary/aromatic N) is 2. The Morgan fingerprint density at radius 1 is 1.27 bits per heavy atom. The Balaban J connectivity index is 0.00000324. The molecular formula is C26H36FN3O3. The van der Waals surface area contributed by atoms with Crippen LogP contribution in [0.1, 0.15) is 77.5 Å². The van der Waals surface area contributed by atoms with Gasteiger partial charge in [0, 0.05) is 44.9 Å². The summed E-state index contributed by atoms with van der Waals surface area (Å²) in [6, 6.07) is 8.29. The minimum Gasteiger partial charge on any atom is -0.487 e. The van der Waals surface area contributed by atoms with Crippen LogP contribution in [-0.4, -0.2) is 46.1 Å². The monoisotopic (exact) mass is 457 g/mol. The van der Waals surface area contributed by atoms with E-state index in [-0.39, 0.29) is 30.9 Å². The zero-order valence-corrected chi connectivity index (χ0v) is 20.2. The van der Waals surface area contributed by atoms with Gasteiger partial charge < -0.3 is 19.7 Å². The number of piperidine rings is 1. The highest BCUT2D eigenvalue weighted by Crippen LogP contribution is 2.46. The normalized spacial score (nSPS) is 19.8. The first-order valence-corrected chi connectivity index (χ1v) is 11.7. The molecule has 2 aromatic rings. The third kappa shape index (κ3) is 5.46. The molecule has 0 radical (unpaired) electrons. The highest BCUT2D eigenvalue weighted by Gasteiger charge is 2.45. The van der Waals surface area contributed by atoms with E-state index in [0.717, 1.165) is 11.3 Å². The molecule has 6 nitrogen and oxygen atoms in total. The maximum atomic E-state index is 13.9. The molecule has 1 fully saturated rings. The third-order valence-corrected chi connectivity index (χ3v) is 6.10. The number of rotatable bonds is 4. The highest BCUT2D eigenvalue weighted by atomic mass is 19.1. The molecule has 7 heteroatoms. The summed E-state index contributed by atoms with van der Waals surface area (Å²) in [7, 11) is 0. The second-order valence-corrected chi connectivity index (χ2v) is 10.4. The van der Waals surface area contributed by atoms with E-state index in [9.17, 15) is 9.18 Å². The first-order valence-electron chi connectivity index (χ1n) is 11.7. The van der Waals surface area contributed by atoms with Crippen LogP contribution in [0.2, 0.25) is 0 Å². The highest BCUT2D eigenvalue weighted by molar-refractivity contribution is 5.92. The van der Waals surface area contributed by atoms with Crippen LogP contribution >= 0.6 is 0 Å². The molecule has 1 saturated heterocycles. The Bertz CT molecular complexity index is 999. The van der Waals surface area contributed by atoms with E-state index in [1.54, 1.807) is 18.3 Å². The van der Waals surface area contributed by atoms with Crippen molar-refractivity contribution in [3.8, 4) is 5.75 Å². The van der Waals surface area contributed by atoms with E-state index in [2.05, 4.69) is 31.1 Å². The van der Waals surface area contributed by atoms with Gasteiger partial charge >= 0.3 is 0 Å². The SMILES string of the molecule is CC(C)O[C@@H]1CC2(CCN(C(=O)c3ccc(NC(C)(C)C)cn3)CC2)Oc2ccc(F)cc21.[HH]. The summed E-state index contributed by atoms with van der Waals surface area (Å²) in [5.74, 6) is 0.319. The lowest BCUT2D eigenvalue weighted by atomic mass is 9.81. The number of ether oxygens (including phenoxy) is 2. The van der Waals surface area contributed by atoms with Crippen LogP contribution in [0.3, 0.4) is 0 Å². The maximum absolute atomic E-state index is 13.9. The standard InChI is InChI=1S/C26H34FN3O3.H2/c1-17(2)32-23-15-26(33-22-9-6-18(27)14-20(22)23)10-12-30(13-11-26)24(31)21-8-7-19(16-28-21)29-25(3,4)5;/h6-9,14,16-17,23,29H,10-13,15H2,1-5H3;1H/t23-;/m1./s1. The minimum atomic E-state index is -0.422. The first-order chi connectivity index (χ1) is 15.5. The Morgan fingerprint density at radius 2 is 2.00 bits per heavy atom. The van der Waals surface area contributed by atoms with Crippen molar-refractivity contribution in [2.75, 3.05) is 18.4 Å². The fourth-order valence-electron chi connectivity index (χ4n) is 4.65. The topological polar surface area (TPSA) is 63.7 Å². The lowest BCUT2D eigenvalue weighted by molar-refractivity contribution is -0.0874. The number of hydrogen-bond donors (Lipinski definition) is 1. The molecule has 33 heavy (non-hydrogen) atoms. The summed E-state index contributed by atoms with van der Waals surface area (Å²) < 4.78 is 26.4. The molecule has 1 aromatic heterocycles. The fourth-order valence-corrected chi connectivity index (χ4v) is 4.65. The number of anilines is 1. The minimum absolute atomic E-state index is 0. The average molecular weight is 458 g/mol. The zero-order chi connectivity index (χ0) is 23.8. The van der Waals surface area contributed by atoms with E-state index >= 15 is 0 Å².